The predicted octanol–water partition coefficient (Wildman–Crippen LogP) is 5.37. The van der Waals surface area contributed by atoms with Crippen LogP contribution in [0.5, 0.6) is 0 Å². The van der Waals surface area contributed by atoms with Crippen molar-refractivity contribution < 1.29 is 14.5 Å². The van der Waals surface area contributed by atoms with Gasteiger partial charge in [0.15, 0.2) is 0 Å². The molecule has 0 radical (unpaired) electrons. The van der Waals surface area contributed by atoms with Crippen molar-refractivity contribution in [3.05, 3.63) is 60.2 Å². The van der Waals surface area contributed by atoms with Crippen LogP contribution >= 0.6 is 0 Å². The molecule has 4 unspecified atom stereocenters. The lowest BCUT2D eigenvalue weighted by Gasteiger charge is -2.48. The van der Waals surface area contributed by atoms with Crippen LogP contribution in [0.3, 0.4) is 0 Å². The van der Waals surface area contributed by atoms with Crippen molar-refractivity contribution in [3.8, 4) is 0 Å². The summed E-state index contributed by atoms with van der Waals surface area (Å²) in [6, 6.07) is 10.3. The van der Waals surface area contributed by atoms with Crippen LogP contribution in [0.1, 0.15) is 52.0 Å². The number of ether oxygens (including phenoxy) is 1. The van der Waals surface area contributed by atoms with E-state index in [0.29, 0.717) is 12.5 Å². The van der Waals surface area contributed by atoms with Gasteiger partial charge in [-0.2, -0.15) is 0 Å². The largest absolute Gasteiger partial charge is 0.369 e. The fourth-order valence-corrected chi connectivity index (χ4v) is 3.62. The molecule has 0 saturated carbocycles. The molecule has 2 heterocycles. The molecule has 136 valence electrons. The standard InChI is InChI=1S/C22H30O3/c1-17(2)20(23-16-19-8-6-5-7-9-19)11-10-18(3)22-14-12-21(4,13-15-22)24-25-22/h5-9,12,14,18,20H,1,10-11,13,15-16H2,2-4H3. The van der Waals surface area contributed by atoms with Crippen molar-refractivity contribution in [2.45, 2.75) is 70.4 Å². The molecule has 0 N–H and O–H groups in total. The second-order valence-corrected chi connectivity index (χ2v) is 7.88. The van der Waals surface area contributed by atoms with E-state index in [2.05, 4.69) is 44.7 Å². The number of hydrogen-bond acceptors (Lipinski definition) is 3. The third kappa shape index (κ3) is 4.22. The zero-order valence-corrected chi connectivity index (χ0v) is 15.7. The molecule has 1 fully saturated rings. The molecule has 1 aliphatic carbocycles. The Bertz CT molecular complexity index is 611. The lowest BCUT2D eigenvalue weighted by molar-refractivity contribution is -0.432. The SMILES string of the molecule is C=C(C)C(CCC(C)C12C=CC(C)(CC1)OO2)OCc1ccccc1. The van der Waals surface area contributed by atoms with Crippen molar-refractivity contribution in [2.24, 2.45) is 5.92 Å². The molecular formula is C22H30O3. The van der Waals surface area contributed by atoms with Gasteiger partial charge < -0.3 is 4.74 Å². The fourth-order valence-electron chi connectivity index (χ4n) is 3.62. The average Bonchev–Trinajstić information content (AvgIpc) is 2.63. The Kier molecular flexibility index (Phi) is 5.47. The van der Waals surface area contributed by atoms with Gasteiger partial charge in [0.1, 0.15) is 11.2 Å². The van der Waals surface area contributed by atoms with E-state index in [-0.39, 0.29) is 17.3 Å². The number of hydrogen-bond donors (Lipinski definition) is 0. The van der Waals surface area contributed by atoms with Gasteiger partial charge in [0, 0.05) is 0 Å². The number of rotatable bonds is 8. The van der Waals surface area contributed by atoms with Crippen LogP contribution in [-0.4, -0.2) is 17.3 Å². The minimum atomic E-state index is -0.281. The predicted molar refractivity (Wildman–Crippen MR) is 99.9 cm³/mol. The Morgan fingerprint density at radius 1 is 1.16 bits per heavy atom. The van der Waals surface area contributed by atoms with Crippen LogP contribution in [0.4, 0.5) is 0 Å². The molecule has 1 aromatic carbocycles. The highest BCUT2D eigenvalue weighted by Crippen LogP contribution is 2.45. The molecule has 2 aliphatic heterocycles. The van der Waals surface area contributed by atoms with E-state index in [0.717, 1.165) is 31.3 Å². The molecule has 3 aliphatic rings. The summed E-state index contributed by atoms with van der Waals surface area (Å²) in [5.74, 6) is 0.371. The Hall–Kier alpha value is -1.42. The first-order valence-electron chi connectivity index (χ1n) is 9.31. The normalized spacial score (nSPS) is 30.2. The average molecular weight is 342 g/mol. The molecule has 3 heteroatoms. The maximum absolute atomic E-state index is 6.13. The molecule has 4 atom stereocenters. The number of benzene rings is 1. The van der Waals surface area contributed by atoms with Gasteiger partial charge in [-0.1, -0.05) is 61.6 Å². The molecule has 0 aromatic heterocycles. The highest BCUT2D eigenvalue weighted by molar-refractivity contribution is 5.18. The first kappa shape index (κ1) is 18.4. The smallest absolute Gasteiger partial charge is 0.124 e. The van der Waals surface area contributed by atoms with Crippen molar-refractivity contribution in [1.29, 1.82) is 0 Å². The zero-order valence-electron chi connectivity index (χ0n) is 15.7. The molecule has 1 aromatic rings. The van der Waals surface area contributed by atoms with Crippen LogP contribution < -0.4 is 0 Å². The molecule has 3 nitrogen and oxygen atoms in total. The van der Waals surface area contributed by atoms with Crippen LogP contribution in [0.2, 0.25) is 0 Å². The number of fused-ring (bicyclic) bond motifs is 2. The van der Waals surface area contributed by atoms with Crippen LogP contribution in [0, 0.1) is 5.92 Å². The summed E-state index contributed by atoms with van der Waals surface area (Å²) in [5, 5.41) is 0. The van der Waals surface area contributed by atoms with E-state index in [1.165, 1.54) is 5.56 Å². The Morgan fingerprint density at radius 2 is 1.92 bits per heavy atom. The van der Waals surface area contributed by atoms with Gasteiger partial charge in [0.25, 0.3) is 0 Å². The maximum Gasteiger partial charge on any atom is 0.124 e. The monoisotopic (exact) mass is 342 g/mol. The topological polar surface area (TPSA) is 27.7 Å². The maximum atomic E-state index is 6.13. The van der Waals surface area contributed by atoms with Crippen LogP contribution in [-0.2, 0) is 21.1 Å². The summed E-state index contributed by atoms with van der Waals surface area (Å²) < 4.78 is 6.13. The van der Waals surface area contributed by atoms with E-state index >= 15 is 0 Å². The Labute approximate surface area is 151 Å². The Morgan fingerprint density at radius 3 is 2.48 bits per heavy atom. The third-order valence-corrected chi connectivity index (χ3v) is 5.66. The molecule has 25 heavy (non-hydrogen) atoms. The van der Waals surface area contributed by atoms with Gasteiger partial charge in [-0.3, -0.25) is 0 Å². The molecule has 4 rings (SSSR count). The first-order valence-corrected chi connectivity index (χ1v) is 9.31. The lowest BCUT2D eigenvalue weighted by Crippen LogP contribution is -2.51. The van der Waals surface area contributed by atoms with E-state index in [9.17, 15) is 0 Å². The second kappa shape index (κ2) is 7.45. The fraction of sp³-hybridized carbons (Fsp3) is 0.545. The molecule has 2 bridgehead atoms. The van der Waals surface area contributed by atoms with Crippen LogP contribution in [0.15, 0.2) is 54.6 Å². The summed E-state index contributed by atoms with van der Waals surface area (Å²) >= 11 is 0. The van der Waals surface area contributed by atoms with E-state index < -0.39 is 0 Å². The van der Waals surface area contributed by atoms with Crippen LogP contribution in [0.25, 0.3) is 0 Å². The molecule has 0 amide bonds. The quantitative estimate of drug-likeness (QED) is 0.469. The second-order valence-electron chi connectivity index (χ2n) is 7.88. The third-order valence-electron chi connectivity index (χ3n) is 5.66. The van der Waals surface area contributed by atoms with Gasteiger partial charge in [-0.25, -0.2) is 9.78 Å². The summed E-state index contributed by atoms with van der Waals surface area (Å²) in [6.45, 7) is 11.1. The summed E-state index contributed by atoms with van der Waals surface area (Å²) in [4.78, 5) is 11.4. The van der Waals surface area contributed by atoms with Gasteiger partial charge in [-0.15, -0.1) is 0 Å². The van der Waals surface area contributed by atoms with E-state index in [1.807, 2.05) is 25.1 Å². The van der Waals surface area contributed by atoms with E-state index in [4.69, 9.17) is 14.5 Å². The van der Waals surface area contributed by atoms with E-state index in [1.54, 1.807) is 0 Å². The van der Waals surface area contributed by atoms with Gasteiger partial charge in [-0.05, 0) is 51.0 Å². The summed E-state index contributed by atoms with van der Waals surface area (Å²) in [7, 11) is 0. The Balaban J connectivity index is 1.54. The highest BCUT2D eigenvalue weighted by atomic mass is 17.2. The molecule has 0 spiro atoms. The summed E-state index contributed by atoms with van der Waals surface area (Å²) in [5.41, 5.74) is 1.75. The van der Waals surface area contributed by atoms with Gasteiger partial charge in [0.2, 0.25) is 0 Å². The first-order chi connectivity index (χ1) is 11.9. The summed E-state index contributed by atoms with van der Waals surface area (Å²) in [6.07, 6.45) is 8.44. The minimum Gasteiger partial charge on any atom is -0.369 e. The highest BCUT2D eigenvalue weighted by Gasteiger charge is 2.48. The van der Waals surface area contributed by atoms with Crippen molar-refractivity contribution >= 4 is 0 Å². The van der Waals surface area contributed by atoms with Crippen molar-refractivity contribution in [1.82, 2.24) is 0 Å². The minimum absolute atomic E-state index is 0.0707. The lowest BCUT2D eigenvalue weighted by atomic mass is 9.74. The molecular weight excluding hydrogens is 312 g/mol. The van der Waals surface area contributed by atoms with Crippen molar-refractivity contribution in [2.75, 3.05) is 0 Å². The van der Waals surface area contributed by atoms with Crippen molar-refractivity contribution in [3.63, 3.8) is 0 Å². The molecule has 1 saturated heterocycles. The van der Waals surface area contributed by atoms with Gasteiger partial charge >= 0.3 is 0 Å². The van der Waals surface area contributed by atoms with Gasteiger partial charge in [0.05, 0.1) is 12.7 Å². The zero-order chi connectivity index (χ0) is 17.9.